The van der Waals surface area contributed by atoms with Crippen molar-refractivity contribution in [3.05, 3.63) is 45.9 Å². The summed E-state index contributed by atoms with van der Waals surface area (Å²) in [6, 6.07) is 3.72. The number of anilines is 1. The number of aliphatic hydroxyl groups is 1. The second-order valence-corrected chi connectivity index (χ2v) is 6.66. The van der Waals surface area contributed by atoms with Crippen LogP contribution in [0.1, 0.15) is 58.8 Å². The van der Waals surface area contributed by atoms with E-state index in [-0.39, 0.29) is 12.5 Å². The van der Waals surface area contributed by atoms with Crippen LogP contribution < -0.4 is 5.32 Å². The average Bonchev–Trinajstić information content (AvgIpc) is 3.06. The minimum Gasteiger partial charge on any atom is -0.392 e. The number of hydrogen-bond donors (Lipinski definition) is 2. The minimum atomic E-state index is -0.138. The molecule has 2 heterocycles. The van der Waals surface area contributed by atoms with Crippen molar-refractivity contribution in [2.45, 2.75) is 44.6 Å². The number of thiophene rings is 1. The maximum atomic E-state index is 12.4. The molecule has 1 aliphatic rings. The molecule has 0 aromatic carbocycles. The number of amides is 1. The van der Waals surface area contributed by atoms with Crippen molar-refractivity contribution in [2.75, 3.05) is 5.32 Å². The quantitative estimate of drug-likeness (QED) is 0.898. The van der Waals surface area contributed by atoms with Gasteiger partial charge in [0.15, 0.2) is 0 Å². The topological polar surface area (TPSA) is 62.2 Å². The van der Waals surface area contributed by atoms with E-state index in [1.165, 1.54) is 37.0 Å². The zero-order valence-electron chi connectivity index (χ0n) is 12.4. The molecule has 0 unspecified atom stereocenters. The lowest BCUT2D eigenvalue weighted by Crippen LogP contribution is -2.13. The van der Waals surface area contributed by atoms with Crippen molar-refractivity contribution in [3.8, 4) is 0 Å². The van der Waals surface area contributed by atoms with E-state index < -0.39 is 0 Å². The lowest BCUT2D eigenvalue weighted by Gasteiger charge is -2.19. The minimum absolute atomic E-state index is 0.116. The molecule has 1 amide bonds. The molecule has 2 aromatic rings. The molecule has 0 radical (unpaired) electrons. The molecule has 5 heteroatoms. The second-order valence-electron chi connectivity index (χ2n) is 5.72. The van der Waals surface area contributed by atoms with Gasteiger partial charge in [0.05, 0.1) is 24.1 Å². The molecule has 2 N–H and O–H groups in total. The Morgan fingerprint density at radius 2 is 2.18 bits per heavy atom. The summed E-state index contributed by atoms with van der Waals surface area (Å²) in [4.78, 5) is 17.7. The van der Waals surface area contributed by atoms with Crippen molar-refractivity contribution in [1.82, 2.24) is 4.98 Å². The van der Waals surface area contributed by atoms with Crippen LogP contribution in [0.4, 0.5) is 5.69 Å². The highest BCUT2D eigenvalue weighted by Gasteiger charge is 2.19. The average molecular weight is 316 g/mol. The van der Waals surface area contributed by atoms with E-state index >= 15 is 0 Å². The van der Waals surface area contributed by atoms with E-state index in [0.29, 0.717) is 22.7 Å². The lowest BCUT2D eigenvalue weighted by atomic mass is 9.88. The third kappa shape index (κ3) is 3.36. The SMILES string of the molecule is O=C(Nc1cnccc1CO)c1csc(C2CCCCC2)c1. The van der Waals surface area contributed by atoms with E-state index in [4.69, 9.17) is 0 Å². The molecule has 0 spiro atoms. The van der Waals surface area contributed by atoms with Crippen molar-refractivity contribution in [3.63, 3.8) is 0 Å². The van der Waals surface area contributed by atoms with E-state index in [1.807, 2.05) is 11.4 Å². The van der Waals surface area contributed by atoms with Gasteiger partial charge in [-0.15, -0.1) is 11.3 Å². The fourth-order valence-electron chi connectivity index (χ4n) is 2.94. The van der Waals surface area contributed by atoms with Crippen molar-refractivity contribution in [2.24, 2.45) is 0 Å². The fraction of sp³-hybridized carbons (Fsp3) is 0.412. The predicted molar refractivity (Wildman–Crippen MR) is 88.3 cm³/mol. The number of aliphatic hydroxyl groups excluding tert-OH is 1. The number of hydrogen-bond acceptors (Lipinski definition) is 4. The van der Waals surface area contributed by atoms with Crippen LogP contribution in [0.15, 0.2) is 29.9 Å². The van der Waals surface area contributed by atoms with Gasteiger partial charge in [-0.3, -0.25) is 9.78 Å². The number of aromatic nitrogens is 1. The van der Waals surface area contributed by atoms with Crippen LogP contribution in [0.25, 0.3) is 0 Å². The van der Waals surface area contributed by atoms with Crippen LogP contribution in [-0.2, 0) is 6.61 Å². The first-order valence-corrected chi connectivity index (χ1v) is 8.59. The van der Waals surface area contributed by atoms with Gasteiger partial charge in [-0.05, 0) is 30.9 Å². The maximum absolute atomic E-state index is 12.4. The number of rotatable bonds is 4. The number of carbonyl (C=O) groups is 1. The summed E-state index contributed by atoms with van der Waals surface area (Å²) in [5.41, 5.74) is 1.94. The van der Waals surface area contributed by atoms with Crippen molar-refractivity contribution in [1.29, 1.82) is 0 Å². The molecule has 22 heavy (non-hydrogen) atoms. The molecule has 1 fully saturated rings. The van der Waals surface area contributed by atoms with Crippen LogP contribution in [0.5, 0.6) is 0 Å². The van der Waals surface area contributed by atoms with Gasteiger partial charge in [-0.25, -0.2) is 0 Å². The molecule has 0 atom stereocenters. The van der Waals surface area contributed by atoms with Gasteiger partial charge < -0.3 is 10.4 Å². The summed E-state index contributed by atoms with van der Waals surface area (Å²) < 4.78 is 0. The summed E-state index contributed by atoms with van der Waals surface area (Å²) in [5.74, 6) is 0.479. The highest BCUT2D eigenvalue weighted by molar-refractivity contribution is 7.10. The first-order valence-electron chi connectivity index (χ1n) is 7.71. The highest BCUT2D eigenvalue weighted by Crippen LogP contribution is 2.36. The fourth-order valence-corrected chi connectivity index (χ4v) is 4.00. The molecule has 3 rings (SSSR count). The van der Waals surface area contributed by atoms with Crippen LogP contribution >= 0.6 is 11.3 Å². The van der Waals surface area contributed by atoms with Crippen LogP contribution in [-0.4, -0.2) is 16.0 Å². The van der Waals surface area contributed by atoms with E-state index in [9.17, 15) is 9.90 Å². The van der Waals surface area contributed by atoms with Gasteiger partial charge in [-0.1, -0.05) is 19.3 Å². The summed E-state index contributed by atoms with van der Waals surface area (Å²) in [7, 11) is 0. The van der Waals surface area contributed by atoms with Crippen molar-refractivity contribution < 1.29 is 9.90 Å². The molecule has 0 bridgehead atoms. The molecular formula is C17H20N2O2S. The van der Waals surface area contributed by atoms with E-state index in [2.05, 4.69) is 10.3 Å². The Hall–Kier alpha value is -1.72. The van der Waals surface area contributed by atoms with Crippen LogP contribution in [0, 0.1) is 0 Å². The van der Waals surface area contributed by atoms with Gasteiger partial charge in [0.25, 0.3) is 5.91 Å². The Kier molecular flexibility index (Phi) is 4.85. The van der Waals surface area contributed by atoms with Gasteiger partial charge in [-0.2, -0.15) is 0 Å². The first-order chi connectivity index (χ1) is 10.8. The lowest BCUT2D eigenvalue weighted by molar-refractivity contribution is 0.102. The molecule has 4 nitrogen and oxygen atoms in total. The normalized spacial score (nSPS) is 15.7. The molecule has 1 aliphatic carbocycles. The maximum Gasteiger partial charge on any atom is 0.256 e. The molecule has 1 saturated carbocycles. The van der Waals surface area contributed by atoms with Crippen molar-refractivity contribution >= 4 is 22.9 Å². The van der Waals surface area contributed by atoms with E-state index in [1.54, 1.807) is 29.8 Å². The van der Waals surface area contributed by atoms with Gasteiger partial charge in [0.2, 0.25) is 0 Å². The van der Waals surface area contributed by atoms with Gasteiger partial charge in [0, 0.05) is 22.0 Å². The summed E-state index contributed by atoms with van der Waals surface area (Å²) >= 11 is 1.68. The molecular weight excluding hydrogens is 296 g/mol. The third-order valence-electron chi connectivity index (χ3n) is 4.22. The van der Waals surface area contributed by atoms with Crippen LogP contribution in [0.2, 0.25) is 0 Å². The molecule has 116 valence electrons. The zero-order chi connectivity index (χ0) is 15.4. The van der Waals surface area contributed by atoms with E-state index in [0.717, 1.165) is 0 Å². The Bertz CT molecular complexity index is 648. The smallest absolute Gasteiger partial charge is 0.256 e. The predicted octanol–water partition coefficient (Wildman–Crippen LogP) is 3.94. The number of carbonyl (C=O) groups excluding carboxylic acids is 1. The second kappa shape index (κ2) is 7.03. The highest BCUT2D eigenvalue weighted by atomic mass is 32.1. The van der Waals surface area contributed by atoms with Gasteiger partial charge in [0.1, 0.15) is 0 Å². The molecule has 0 saturated heterocycles. The first kappa shape index (κ1) is 15.2. The monoisotopic (exact) mass is 316 g/mol. The Balaban J connectivity index is 1.71. The summed E-state index contributed by atoms with van der Waals surface area (Å²) in [6.07, 6.45) is 9.56. The number of nitrogens with zero attached hydrogens (tertiary/aromatic N) is 1. The zero-order valence-corrected chi connectivity index (χ0v) is 13.2. The molecule has 2 aromatic heterocycles. The Morgan fingerprint density at radius 3 is 2.95 bits per heavy atom. The summed E-state index contributed by atoms with van der Waals surface area (Å²) in [5, 5.41) is 14.1. The summed E-state index contributed by atoms with van der Waals surface area (Å²) in [6.45, 7) is -0.116. The van der Waals surface area contributed by atoms with Gasteiger partial charge >= 0.3 is 0 Å². The largest absolute Gasteiger partial charge is 0.392 e. The third-order valence-corrected chi connectivity index (χ3v) is 5.31. The number of pyridine rings is 1. The number of nitrogens with one attached hydrogen (secondary N) is 1. The standard InChI is InChI=1S/C17H20N2O2S/c20-10-13-6-7-18-9-15(13)19-17(21)14-8-16(22-11-14)12-4-2-1-3-5-12/h6-9,11-12,20H,1-5,10H2,(H,19,21). The molecule has 0 aliphatic heterocycles. The van der Waals surface area contributed by atoms with Crippen LogP contribution in [0.3, 0.4) is 0 Å². The Morgan fingerprint density at radius 1 is 1.36 bits per heavy atom. The Labute approximate surface area is 134 Å².